The van der Waals surface area contributed by atoms with Crippen LogP contribution in [0, 0.1) is 5.92 Å². The van der Waals surface area contributed by atoms with E-state index in [1.165, 1.54) is 29.0 Å². The highest BCUT2D eigenvalue weighted by atomic mass is 35.5. The molecular weight excluding hydrogens is 238 g/mol. The number of nitrogens with one attached hydrogen (secondary N) is 1. The lowest BCUT2D eigenvalue weighted by molar-refractivity contribution is 0.495. The minimum atomic E-state index is 0.405. The molecule has 90 valence electrons. The van der Waals surface area contributed by atoms with Crippen LogP contribution in [0.15, 0.2) is 12.1 Å². The Morgan fingerprint density at radius 3 is 2.81 bits per heavy atom. The van der Waals surface area contributed by atoms with E-state index in [-0.39, 0.29) is 0 Å². The van der Waals surface area contributed by atoms with E-state index in [1.54, 1.807) is 0 Å². The number of thiophene rings is 1. The Bertz CT molecular complexity index is 323. The van der Waals surface area contributed by atoms with E-state index in [2.05, 4.69) is 24.4 Å². The van der Waals surface area contributed by atoms with Gasteiger partial charge in [0.05, 0.1) is 0 Å². The third-order valence-electron chi connectivity index (χ3n) is 3.34. The molecule has 1 heterocycles. The van der Waals surface area contributed by atoms with Crippen molar-refractivity contribution in [3.63, 3.8) is 0 Å². The molecule has 0 bridgehead atoms. The molecule has 1 aromatic rings. The molecule has 0 amide bonds. The Morgan fingerprint density at radius 1 is 1.38 bits per heavy atom. The lowest BCUT2D eigenvalue weighted by Gasteiger charge is -2.13. The zero-order valence-corrected chi connectivity index (χ0v) is 11.4. The van der Waals surface area contributed by atoms with Crippen LogP contribution in [0.3, 0.4) is 0 Å². The number of hydrogen-bond acceptors (Lipinski definition) is 2. The van der Waals surface area contributed by atoms with Crippen LogP contribution in [-0.4, -0.2) is 11.9 Å². The Balaban J connectivity index is 1.71. The molecule has 0 saturated heterocycles. The van der Waals surface area contributed by atoms with E-state index in [9.17, 15) is 0 Å². The van der Waals surface area contributed by atoms with Gasteiger partial charge in [0, 0.05) is 21.7 Å². The molecule has 16 heavy (non-hydrogen) atoms. The van der Waals surface area contributed by atoms with Crippen LogP contribution in [0.1, 0.15) is 35.9 Å². The first-order valence-electron chi connectivity index (χ1n) is 6.22. The molecule has 0 spiro atoms. The summed E-state index contributed by atoms with van der Waals surface area (Å²) < 4.78 is 0. The van der Waals surface area contributed by atoms with Crippen LogP contribution < -0.4 is 5.32 Å². The van der Waals surface area contributed by atoms with Gasteiger partial charge in [0.25, 0.3) is 0 Å². The van der Waals surface area contributed by atoms with Crippen molar-refractivity contribution >= 4 is 22.9 Å². The molecular formula is C13H20ClNS. The van der Waals surface area contributed by atoms with E-state index < -0.39 is 0 Å². The smallest absolute Gasteiger partial charge is 0.0376 e. The van der Waals surface area contributed by atoms with E-state index in [1.807, 2.05) is 11.3 Å². The van der Waals surface area contributed by atoms with Gasteiger partial charge in [-0.3, -0.25) is 0 Å². The monoisotopic (exact) mass is 257 g/mol. The Morgan fingerprint density at radius 2 is 2.19 bits per heavy atom. The fraction of sp³-hybridized carbons (Fsp3) is 0.692. The molecule has 1 N–H and O–H groups in total. The maximum absolute atomic E-state index is 6.25. The van der Waals surface area contributed by atoms with Crippen LogP contribution in [0.5, 0.6) is 0 Å². The number of halogens is 1. The average molecular weight is 258 g/mol. The van der Waals surface area contributed by atoms with E-state index in [4.69, 9.17) is 11.6 Å². The maximum atomic E-state index is 6.25. The fourth-order valence-corrected chi connectivity index (χ4v) is 3.61. The van der Waals surface area contributed by atoms with Gasteiger partial charge in [-0.2, -0.15) is 0 Å². The Labute approximate surface area is 107 Å². The van der Waals surface area contributed by atoms with E-state index >= 15 is 0 Å². The maximum Gasteiger partial charge on any atom is 0.0376 e. The van der Waals surface area contributed by atoms with Crippen molar-refractivity contribution in [2.75, 3.05) is 6.54 Å². The van der Waals surface area contributed by atoms with Crippen molar-refractivity contribution in [3.8, 4) is 0 Å². The number of alkyl halides is 1. The van der Waals surface area contributed by atoms with E-state index in [0.717, 1.165) is 19.5 Å². The largest absolute Gasteiger partial charge is 0.312 e. The van der Waals surface area contributed by atoms with Gasteiger partial charge in [-0.25, -0.2) is 0 Å². The topological polar surface area (TPSA) is 12.0 Å². The van der Waals surface area contributed by atoms with Gasteiger partial charge < -0.3 is 5.32 Å². The molecule has 2 rings (SSSR count). The predicted molar refractivity (Wildman–Crippen MR) is 72.4 cm³/mol. The van der Waals surface area contributed by atoms with Gasteiger partial charge in [0.15, 0.2) is 0 Å². The average Bonchev–Trinajstić information content (AvgIpc) is 2.89. The summed E-state index contributed by atoms with van der Waals surface area (Å²) >= 11 is 8.17. The minimum Gasteiger partial charge on any atom is -0.312 e. The zero-order chi connectivity index (χ0) is 11.4. The molecule has 1 aliphatic rings. The van der Waals surface area contributed by atoms with Crippen molar-refractivity contribution in [1.82, 2.24) is 5.32 Å². The van der Waals surface area contributed by atoms with Gasteiger partial charge in [-0.15, -0.1) is 22.9 Å². The van der Waals surface area contributed by atoms with Gasteiger partial charge in [0.1, 0.15) is 0 Å². The van der Waals surface area contributed by atoms with Gasteiger partial charge in [-0.05, 0) is 43.9 Å². The number of aryl methyl sites for hydroxylation is 1. The Kier molecular flexibility index (Phi) is 4.68. The van der Waals surface area contributed by atoms with Crippen molar-refractivity contribution < 1.29 is 0 Å². The highest BCUT2D eigenvalue weighted by molar-refractivity contribution is 7.11. The number of hydrogen-bond donors (Lipinski definition) is 1. The molecule has 1 saturated carbocycles. The first-order chi connectivity index (χ1) is 7.79. The molecule has 0 radical (unpaired) electrons. The van der Waals surface area contributed by atoms with Crippen LogP contribution in [0.25, 0.3) is 0 Å². The molecule has 1 fully saturated rings. The zero-order valence-electron chi connectivity index (χ0n) is 9.84. The quantitative estimate of drug-likeness (QED) is 0.791. The molecule has 1 aliphatic carbocycles. The summed E-state index contributed by atoms with van der Waals surface area (Å²) in [6.45, 7) is 4.29. The van der Waals surface area contributed by atoms with Crippen LogP contribution in [0.4, 0.5) is 0 Å². The molecule has 1 aromatic heterocycles. The third kappa shape index (κ3) is 3.22. The summed E-state index contributed by atoms with van der Waals surface area (Å²) in [4.78, 5) is 2.92. The van der Waals surface area contributed by atoms with E-state index in [0.29, 0.717) is 11.3 Å². The summed E-state index contributed by atoms with van der Waals surface area (Å²) in [5.41, 5.74) is 0. The summed E-state index contributed by atoms with van der Waals surface area (Å²) in [6.07, 6.45) is 4.95. The third-order valence-corrected chi connectivity index (χ3v) is 5.14. The Hall–Kier alpha value is -0.0500. The first kappa shape index (κ1) is 12.4. The predicted octanol–water partition coefficient (Wildman–Crippen LogP) is 3.81. The summed E-state index contributed by atoms with van der Waals surface area (Å²) in [7, 11) is 0. The lowest BCUT2D eigenvalue weighted by atomic mass is 10.1. The molecule has 1 nitrogen and oxygen atoms in total. The molecule has 3 heteroatoms. The van der Waals surface area contributed by atoms with Crippen molar-refractivity contribution in [1.29, 1.82) is 0 Å². The summed E-state index contributed by atoms with van der Waals surface area (Å²) in [5.74, 6) is 0.687. The van der Waals surface area contributed by atoms with Crippen molar-refractivity contribution in [3.05, 3.63) is 21.9 Å². The second-order valence-corrected chi connectivity index (χ2v) is 6.37. The van der Waals surface area contributed by atoms with Crippen LogP contribution >= 0.6 is 22.9 Å². The second kappa shape index (κ2) is 6.04. The molecule has 2 unspecified atom stereocenters. The van der Waals surface area contributed by atoms with Crippen LogP contribution in [0.2, 0.25) is 0 Å². The van der Waals surface area contributed by atoms with Crippen molar-refractivity contribution in [2.45, 2.75) is 44.5 Å². The first-order valence-corrected chi connectivity index (χ1v) is 7.47. The summed E-state index contributed by atoms with van der Waals surface area (Å²) in [6, 6.07) is 4.48. The summed E-state index contributed by atoms with van der Waals surface area (Å²) in [5, 5.41) is 3.94. The lowest BCUT2D eigenvalue weighted by Crippen LogP contribution is -2.24. The minimum absolute atomic E-state index is 0.405. The SMILES string of the molecule is CCc1ccc(CNCC2CCCC2Cl)s1. The van der Waals surface area contributed by atoms with Gasteiger partial charge in [0.2, 0.25) is 0 Å². The number of rotatable bonds is 5. The molecule has 0 aliphatic heterocycles. The van der Waals surface area contributed by atoms with Crippen molar-refractivity contribution in [2.24, 2.45) is 5.92 Å². The van der Waals surface area contributed by atoms with Gasteiger partial charge in [-0.1, -0.05) is 13.3 Å². The van der Waals surface area contributed by atoms with Gasteiger partial charge >= 0.3 is 0 Å². The standard InChI is InChI=1S/C13H20ClNS/c1-2-11-6-7-12(16-11)9-15-8-10-4-3-5-13(10)14/h6-7,10,13,15H,2-5,8-9H2,1H3. The van der Waals surface area contributed by atoms with Crippen LogP contribution in [-0.2, 0) is 13.0 Å². The normalized spacial score (nSPS) is 25.1. The molecule has 0 aromatic carbocycles. The highest BCUT2D eigenvalue weighted by Gasteiger charge is 2.24. The molecule has 2 atom stereocenters. The fourth-order valence-electron chi connectivity index (χ4n) is 2.31. The highest BCUT2D eigenvalue weighted by Crippen LogP contribution is 2.29. The second-order valence-electron chi connectivity index (χ2n) is 4.56.